The first-order valence-corrected chi connectivity index (χ1v) is 9.79. The number of nitrogens with zero attached hydrogens (tertiary/aromatic N) is 2. The van der Waals surface area contributed by atoms with Crippen molar-refractivity contribution in [3.63, 3.8) is 0 Å². The first-order valence-electron chi connectivity index (χ1n) is 9.39. The van der Waals surface area contributed by atoms with Gasteiger partial charge in [-0.2, -0.15) is 0 Å². The molecule has 0 amide bonds. The van der Waals surface area contributed by atoms with E-state index in [4.69, 9.17) is 21.3 Å². The van der Waals surface area contributed by atoms with Gasteiger partial charge in [0.2, 0.25) is 0 Å². The lowest BCUT2D eigenvalue weighted by molar-refractivity contribution is 0.227. The standard InChI is InChI=1S/C21H23FN6OS/c1-3-26-20-12(9-23)6-17(28-30)19(24)15-5-4-14(22)8-16(15)11(2)29-18-7-13(20)10-27-21(18)25/h4-5,7-11,23-24,26,30H,3,6H2,1-2H3,(H2,25,27)/b20-12-,23-9?,24-19?,28-17-. The van der Waals surface area contributed by atoms with E-state index in [1.165, 1.54) is 24.4 Å². The molecule has 0 radical (unpaired) electrons. The number of aromatic nitrogens is 1. The van der Waals surface area contributed by atoms with Crippen LogP contribution in [0.25, 0.3) is 5.70 Å². The molecule has 3 rings (SSSR count). The van der Waals surface area contributed by atoms with Crippen molar-refractivity contribution in [3.05, 3.63) is 58.5 Å². The summed E-state index contributed by atoms with van der Waals surface area (Å²) in [4.78, 5) is 4.23. The number of hydrogen-bond acceptors (Lipinski definition) is 8. The van der Waals surface area contributed by atoms with Gasteiger partial charge in [-0.3, -0.25) is 5.41 Å². The molecule has 30 heavy (non-hydrogen) atoms. The minimum atomic E-state index is -0.607. The minimum absolute atomic E-state index is 0.0842. The number of anilines is 1. The Morgan fingerprint density at radius 3 is 2.87 bits per heavy atom. The number of nitrogens with two attached hydrogens (primary N) is 1. The summed E-state index contributed by atoms with van der Waals surface area (Å²) in [5.41, 5.74) is 9.33. The second kappa shape index (κ2) is 9.08. The molecule has 1 unspecified atom stereocenters. The molecule has 1 aliphatic heterocycles. The van der Waals surface area contributed by atoms with Gasteiger partial charge in [0, 0.05) is 47.8 Å². The van der Waals surface area contributed by atoms with Crippen molar-refractivity contribution in [1.29, 1.82) is 10.8 Å². The third-order valence-electron chi connectivity index (χ3n) is 4.81. The maximum absolute atomic E-state index is 14.0. The monoisotopic (exact) mass is 426 g/mol. The number of ether oxygens (including phenoxy) is 1. The molecule has 1 aromatic carbocycles. The van der Waals surface area contributed by atoms with Crippen molar-refractivity contribution in [2.45, 2.75) is 26.4 Å². The largest absolute Gasteiger partial charge is 0.482 e. The van der Waals surface area contributed by atoms with Gasteiger partial charge in [-0.05, 0) is 56.5 Å². The van der Waals surface area contributed by atoms with E-state index in [1.807, 2.05) is 6.92 Å². The molecule has 0 spiro atoms. The van der Waals surface area contributed by atoms with Gasteiger partial charge in [-0.25, -0.2) is 13.8 Å². The van der Waals surface area contributed by atoms with Crippen molar-refractivity contribution in [2.24, 2.45) is 4.40 Å². The van der Waals surface area contributed by atoms with Crippen molar-refractivity contribution in [1.82, 2.24) is 10.3 Å². The van der Waals surface area contributed by atoms with Gasteiger partial charge in [0.25, 0.3) is 0 Å². The van der Waals surface area contributed by atoms with E-state index < -0.39 is 11.9 Å². The van der Waals surface area contributed by atoms with Crippen molar-refractivity contribution < 1.29 is 9.13 Å². The normalized spacial score (nSPS) is 20.6. The second-order valence-corrected chi connectivity index (χ2v) is 6.97. The van der Waals surface area contributed by atoms with Crippen molar-refractivity contribution in [3.8, 4) is 5.75 Å². The number of rotatable bonds is 3. The number of nitrogens with one attached hydrogen (secondary N) is 3. The summed E-state index contributed by atoms with van der Waals surface area (Å²) in [5.74, 6) is 0.0912. The first kappa shape index (κ1) is 21.5. The summed E-state index contributed by atoms with van der Waals surface area (Å²) in [5, 5.41) is 19.9. The van der Waals surface area contributed by atoms with Crippen LogP contribution in [0, 0.1) is 16.6 Å². The number of fused-ring (bicyclic) bond motifs is 3. The Kier molecular flexibility index (Phi) is 6.51. The zero-order valence-corrected chi connectivity index (χ0v) is 17.6. The molecule has 2 heterocycles. The fourth-order valence-electron chi connectivity index (χ4n) is 3.34. The molecule has 156 valence electrons. The summed E-state index contributed by atoms with van der Waals surface area (Å²) in [6, 6.07) is 5.88. The van der Waals surface area contributed by atoms with Crippen LogP contribution in [0.3, 0.4) is 0 Å². The van der Waals surface area contributed by atoms with E-state index in [2.05, 4.69) is 27.5 Å². The third-order valence-corrected chi connectivity index (χ3v) is 5.05. The van der Waals surface area contributed by atoms with Crippen LogP contribution in [0.1, 0.15) is 43.1 Å². The molecule has 0 saturated heterocycles. The Labute approximate surface area is 179 Å². The molecule has 2 bridgehead atoms. The average molecular weight is 427 g/mol. The fourth-order valence-corrected chi connectivity index (χ4v) is 3.51. The maximum atomic E-state index is 14.0. The second-order valence-electron chi connectivity index (χ2n) is 6.77. The van der Waals surface area contributed by atoms with Crippen LogP contribution in [0.2, 0.25) is 0 Å². The molecule has 0 saturated carbocycles. The van der Waals surface area contributed by atoms with E-state index in [-0.39, 0.29) is 18.0 Å². The van der Waals surface area contributed by atoms with Crippen LogP contribution in [0.15, 0.2) is 40.4 Å². The van der Waals surface area contributed by atoms with Crippen LogP contribution >= 0.6 is 12.8 Å². The molecule has 1 aliphatic rings. The number of halogens is 1. The quantitative estimate of drug-likeness (QED) is 0.377. The summed E-state index contributed by atoms with van der Waals surface area (Å²) in [6.45, 7) is 4.30. The van der Waals surface area contributed by atoms with E-state index >= 15 is 0 Å². The number of hydrogen-bond donors (Lipinski definition) is 5. The first-order chi connectivity index (χ1) is 14.4. The Morgan fingerprint density at radius 1 is 1.43 bits per heavy atom. The smallest absolute Gasteiger partial charge is 0.166 e. The lowest BCUT2D eigenvalue weighted by atomic mass is 9.92. The molecule has 5 N–H and O–H groups in total. The molecule has 0 aliphatic carbocycles. The van der Waals surface area contributed by atoms with Crippen LogP contribution in [0.5, 0.6) is 5.75 Å². The van der Waals surface area contributed by atoms with Crippen LogP contribution in [-0.4, -0.2) is 29.2 Å². The summed E-state index contributed by atoms with van der Waals surface area (Å²) < 4.78 is 24.1. The molecular weight excluding hydrogens is 403 g/mol. The van der Waals surface area contributed by atoms with E-state index in [1.54, 1.807) is 19.2 Å². The lowest BCUT2D eigenvalue weighted by Crippen LogP contribution is -2.22. The fraction of sp³-hybridized carbons (Fsp3) is 0.238. The SMILES string of the molecule is CCN/C1=C(\C=N)C/C(=N/S)C(=N)c2ccc(F)cc2C(C)Oc2cc1cnc2N. The van der Waals surface area contributed by atoms with Crippen molar-refractivity contribution >= 4 is 42.0 Å². The molecule has 7 nitrogen and oxygen atoms in total. The molecule has 1 atom stereocenters. The predicted octanol–water partition coefficient (Wildman–Crippen LogP) is 3.97. The predicted molar refractivity (Wildman–Crippen MR) is 121 cm³/mol. The number of pyridine rings is 1. The molecule has 1 aromatic heterocycles. The van der Waals surface area contributed by atoms with Gasteiger partial charge in [0.15, 0.2) is 11.6 Å². The van der Waals surface area contributed by atoms with Gasteiger partial charge in [0.05, 0.1) is 11.4 Å². The number of nitrogen functional groups attached to an aromatic ring is 1. The molecule has 0 fully saturated rings. The summed E-state index contributed by atoms with van der Waals surface area (Å²) >= 11 is 4.05. The Balaban J connectivity index is 2.30. The number of thiol groups is 1. The zero-order valence-electron chi connectivity index (χ0n) is 16.7. The third kappa shape index (κ3) is 4.20. The Bertz CT molecular complexity index is 1070. The highest BCUT2D eigenvalue weighted by Gasteiger charge is 2.23. The molecule has 9 heteroatoms. The average Bonchev–Trinajstić information content (AvgIpc) is 2.74. The highest BCUT2D eigenvalue weighted by atomic mass is 32.1. The highest BCUT2D eigenvalue weighted by molar-refractivity contribution is 7.79. The van der Waals surface area contributed by atoms with Crippen LogP contribution < -0.4 is 15.8 Å². The minimum Gasteiger partial charge on any atom is -0.482 e. The van der Waals surface area contributed by atoms with E-state index in [0.29, 0.717) is 46.0 Å². The summed E-state index contributed by atoms with van der Waals surface area (Å²) in [7, 11) is 0. The number of allylic oxidation sites excluding steroid dienone is 1. The summed E-state index contributed by atoms with van der Waals surface area (Å²) in [6.07, 6.45) is 2.38. The maximum Gasteiger partial charge on any atom is 0.166 e. The van der Waals surface area contributed by atoms with Crippen molar-refractivity contribution in [2.75, 3.05) is 12.3 Å². The van der Waals surface area contributed by atoms with Gasteiger partial charge < -0.3 is 21.2 Å². The van der Waals surface area contributed by atoms with Crippen LogP contribution in [-0.2, 0) is 0 Å². The Morgan fingerprint density at radius 2 is 2.20 bits per heavy atom. The molecular formula is C21H23FN6OS. The van der Waals surface area contributed by atoms with Gasteiger partial charge in [-0.15, -0.1) is 0 Å². The topological polar surface area (TPSA) is 120 Å². The molecule has 2 aromatic rings. The van der Waals surface area contributed by atoms with E-state index in [9.17, 15) is 4.39 Å². The van der Waals surface area contributed by atoms with Gasteiger partial charge in [0.1, 0.15) is 11.9 Å². The lowest BCUT2D eigenvalue weighted by Gasteiger charge is -2.23. The Hall–Kier alpha value is -3.20. The highest BCUT2D eigenvalue weighted by Crippen LogP contribution is 2.32. The number of benzene rings is 1. The van der Waals surface area contributed by atoms with Gasteiger partial charge in [-0.1, -0.05) is 0 Å². The zero-order chi connectivity index (χ0) is 21.8. The van der Waals surface area contributed by atoms with E-state index in [0.717, 1.165) is 0 Å². The van der Waals surface area contributed by atoms with Gasteiger partial charge >= 0.3 is 0 Å². The van der Waals surface area contributed by atoms with Crippen LogP contribution in [0.4, 0.5) is 10.2 Å².